The number of aromatic nitrogens is 3. The maximum Gasteiger partial charge on any atom is 0.416 e. The number of aromatic amines is 1. The third-order valence-electron chi connectivity index (χ3n) is 5.16. The maximum absolute atomic E-state index is 12.9. The molecule has 0 bridgehead atoms. The lowest BCUT2D eigenvalue weighted by Gasteiger charge is -2.28. The summed E-state index contributed by atoms with van der Waals surface area (Å²) < 4.78 is 38.8. The zero-order valence-corrected chi connectivity index (χ0v) is 15.7. The number of carbonyl (C=O) groups is 1. The summed E-state index contributed by atoms with van der Waals surface area (Å²) in [5, 5.41) is 12.7. The number of amides is 1. The van der Waals surface area contributed by atoms with Gasteiger partial charge in [0, 0.05) is 12.2 Å². The Kier molecular flexibility index (Phi) is 5.90. The molecule has 0 spiro atoms. The molecule has 0 aromatic carbocycles. The van der Waals surface area contributed by atoms with E-state index in [9.17, 15) is 27.9 Å². The van der Waals surface area contributed by atoms with Gasteiger partial charge in [-0.15, -0.1) is 0 Å². The number of H-pyrrole nitrogens is 1. The minimum atomic E-state index is -4.61. The van der Waals surface area contributed by atoms with Gasteiger partial charge in [0.15, 0.2) is 11.5 Å². The first-order chi connectivity index (χ1) is 13.7. The fourth-order valence-corrected chi connectivity index (χ4v) is 3.51. The van der Waals surface area contributed by atoms with E-state index in [0.29, 0.717) is 6.07 Å². The van der Waals surface area contributed by atoms with Gasteiger partial charge in [0.1, 0.15) is 5.69 Å². The lowest BCUT2D eigenvalue weighted by atomic mass is 9.84. The number of halogens is 3. The average molecular weight is 410 g/mol. The predicted molar refractivity (Wildman–Crippen MR) is 98.3 cm³/mol. The van der Waals surface area contributed by atoms with Crippen LogP contribution in [0.2, 0.25) is 0 Å². The Labute approximate surface area is 164 Å². The van der Waals surface area contributed by atoms with Crippen LogP contribution in [0.4, 0.5) is 13.2 Å². The largest absolute Gasteiger partial charge is 0.501 e. The second kappa shape index (κ2) is 8.22. The number of hydrogen-bond acceptors (Lipinski definition) is 5. The van der Waals surface area contributed by atoms with Crippen LogP contribution in [0.15, 0.2) is 23.1 Å². The monoisotopic (exact) mass is 410 g/mol. The van der Waals surface area contributed by atoms with Crippen LogP contribution in [0.25, 0.3) is 11.5 Å². The highest BCUT2D eigenvalue weighted by molar-refractivity contribution is 5.95. The van der Waals surface area contributed by atoms with Gasteiger partial charge in [0.05, 0.1) is 5.56 Å². The molecular formula is C19H21F3N4O3. The minimum Gasteiger partial charge on any atom is -0.501 e. The number of nitrogens with one attached hydrogen (secondary N) is 2. The maximum atomic E-state index is 12.9. The molecule has 1 saturated carbocycles. The highest BCUT2D eigenvalue weighted by Crippen LogP contribution is 2.30. The van der Waals surface area contributed by atoms with Crippen LogP contribution in [-0.2, 0) is 6.18 Å². The van der Waals surface area contributed by atoms with Gasteiger partial charge in [-0.1, -0.05) is 19.3 Å². The van der Waals surface area contributed by atoms with Gasteiger partial charge in [-0.2, -0.15) is 13.2 Å². The lowest BCUT2D eigenvalue weighted by molar-refractivity contribution is -0.137. The first-order valence-electron chi connectivity index (χ1n) is 9.34. The van der Waals surface area contributed by atoms with E-state index in [1.807, 2.05) is 6.92 Å². The normalized spacial score (nSPS) is 16.4. The van der Waals surface area contributed by atoms with Crippen molar-refractivity contribution < 1.29 is 23.1 Å². The summed E-state index contributed by atoms with van der Waals surface area (Å²) in [6.07, 6.45) is 1.56. The van der Waals surface area contributed by atoms with Crippen molar-refractivity contribution >= 4 is 5.91 Å². The van der Waals surface area contributed by atoms with Crippen molar-refractivity contribution in [1.82, 2.24) is 20.3 Å². The number of hydrogen-bond donors (Lipinski definition) is 3. The van der Waals surface area contributed by atoms with Crippen LogP contribution >= 0.6 is 0 Å². The average Bonchev–Trinajstić information content (AvgIpc) is 2.70. The summed E-state index contributed by atoms with van der Waals surface area (Å²) in [7, 11) is 0. The van der Waals surface area contributed by atoms with Gasteiger partial charge < -0.3 is 15.4 Å². The molecule has 156 valence electrons. The Morgan fingerprint density at radius 3 is 2.66 bits per heavy atom. The first kappa shape index (κ1) is 20.8. The van der Waals surface area contributed by atoms with Gasteiger partial charge in [-0.3, -0.25) is 14.6 Å². The predicted octanol–water partition coefficient (Wildman–Crippen LogP) is 3.25. The summed E-state index contributed by atoms with van der Waals surface area (Å²) in [4.78, 5) is 34.4. The molecule has 1 unspecified atom stereocenters. The van der Waals surface area contributed by atoms with E-state index in [1.54, 1.807) is 0 Å². The van der Waals surface area contributed by atoms with Crippen molar-refractivity contribution in [2.24, 2.45) is 5.92 Å². The number of alkyl halides is 3. The highest BCUT2D eigenvalue weighted by atomic mass is 19.4. The van der Waals surface area contributed by atoms with E-state index < -0.39 is 34.6 Å². The highest BCUT2D eigenvalue weighted by Gasteiger charge is 2.31. The summed E-state index contributed by atoms with van der Waals surface area (Å²) in [5.41, 5.74) is -2.84. The van der Waals surface area contributed by atoms with E-state index >= 15 is 0 Å². The Bertz CT molecular complexity index is 952. The second-order valence-electron chi connectivity index (χ2n) is 7.20. The number of rotatable bonds is 4. The quantitative estimate of drug-likeness (QED) is 0.717. The fraction of sp³-hybridized carbons (Fsp3) is 0.474. The molecule has 2 aromatic heterocycles. The van der Waals surface area contributed by atoms with Crippen LogP contribution in [0.1, 0.15) is 55.1 Å². The molecular weight excluding hydrogens is 389 g/mol. The van der Waals surface area contributed by atoms with Gasteiger partial charge in [0.25, 0.3) is 11.5 Å². The van der Waals surface area contributed by atoms with Gasteiger partial charge >= 0.3 is 6.18 Å². The third kappa shape index (κ3) is 4.75. The zero-order valence-electron chi connectivity index (χ0n) is 15.7. The molecule has 1 fully saturated rings. The van der Waals surface area contributed by atoms with E-state index in [2.05, 4.69) is 20.3 Å². The second-order valence-corrected chi connectivity index (χ2v) is 7.20. The molecule has 2 aromatic rings. The first-order valence-corrected chi connectivity index (χ1v) is 9.34. The van der Waals surface area contributed by atoms with Crippen molar-refractivity contribution in [3.63, 3.8) is 0 Å². The number of carbonyl (C=O) groups excluding carboxylic acids is 1. The molecule has 7 nitrogen and oxygen atoms in total. The van der Waals surface area contributed by atoms with Crippen molar-refractivity contribution in [2.75, 3.05) is 0 Å². The molecule has 0 aliphatic heterocycles. The van der Waals surface area contributed by atoms with Crippen LogP contribution in [0.5, 0.6) is 5.75 Å². The molecule has 0 radical (unpaired) electrons. The Morgan fingerprint density at radius 1 is 1.31 bits per heavy atom. The van der Waals surface area contributed by atoms with Crippen LogP contribution in [0, 0.1) is 5.92 Å². The topological polar surface area (TPSA) is 108 Å². The molecule has 1 aliphatic carbocycles. The summed E-state index contributed by atoms with van der Waals surface area (Å²) >= 11 is 0. The molecule has 3 N–H and O–H groups in total. The smallest absolute Gasteiger partial charge is 0.416 e. The standard InChI is InChI=1S/C19H21F3N4O3/c1-10(11-5-3-2-4-6-11)24-17(28)14-15(27)18(29)26-16(25-14)13-9-12(7-8-23-13)19(20,21)22/h7-11,27H,2-6H2,1H3,(H,24,28)(H,25,26,29). The van der Waals surface area contributed by atoms with Crippen molar-refractivity contribution in [3.05, 3.63) is 39.9 Å². The molecule has 10 heteroatoms. The van der Waals surface area contributed by atoms with Gasteiger partial charge in [0.2, 0.25) is 5.75 Å². The van der Waals surface area contributed by atoms with Crippen molar-refractivity contribution in [2.45, 2.75) is 51.2 Å². The van der Waals surface area contributed by atoms with Crippen LogP contribution < -0.4 is 10.9 Å². The molecule has 1 amide bonds. The number of pyridine rings is 1. The zero-order chi connectivity index (χ0) is 21.2. The summed E-state index contributed by atoms with van der Waals surface area (Å²) in [6.45, 7) is 1.84. The fourth-order valence-electron chi connectivity index (χ4n) is 3.51. The van der Waals surface area contributed by atoms with Crippen molar-refractivity contribution in [1.29, 1.82) is 0 Å². The summed E-state index contributed by atoms with van der Waals surface area (Å²) in [6, 6.07) is 1.29. The van der Waals surface area contributed by atoms with E-state index in [0.717, 1.165) is 44.4 Å². The molecule has 1 atom stereocenters. The molecule has 2 heterocycles. The minimum absolute atomic E-state index is 0.196. The molecule has 0 saturated heterocycles. The molecule has 3 rings (SSSR count). The number of aromatic hydroxyl groups is 1. The number of nitrogens with zero attached hydrogens (tertiary/aromatic N) is 2. The third-order valence-corrected chi connectivity index (χ3v) is 5.16. The van der Waals surface area contributed by atoms with Crippen LogP contribution in [-0.4, -0.2) is 32.0 Å². The molecule has 29 heavy (non-hydrogen) atoms. The van der Waals surface area contributed by atoms with E-state index in [-0.39, 0.29) is 23.5 Å². The Morgan fingerprint density at radius 2 is 2.00 bits per heavy atom. The lowest BCUT2D eigenvalue weighted by Crippen LogP contribution is -2.39. The van der Waals surface area contributed by atoms with E-state index in [1.165, 1.54) is 0 Å². The Balaban J connectivity index is 1.90. The Hall–Kier alpha value is -2.91. The molecule has 1 aliphatic rings. The van der Waals surface area contributed by atoms with Crippen molar-refractivity contribution in [3.8, 4) is 17.3 Å². The van der Waals surface area contributed by atoms with Crippen LogP contribution in [0.3, 0.4) is 0 Å². The van der Waals surface area contributed by atoms with Gasteiger partial charge in [-0.05, 0) is 37.8 Å². The summed E-state index contributed by atoms with van der Waals surface area (Å²) in [5.74, 6) is -1.72. The van der Waals surface area contributed by atoms with E-state index in [4.69, 9.17) is 0 Å². The van der Waals surface area contributed by atoms with Gasteiger partial charge in [-0.25, -0.2) is 4.98 Å². The SMILES string of the molecule is CC(NC(=O)c1nc(-c2cc(C(F)(F)F)ccn2)[nH]c(=O)c1O)C1CCCCC1.